The SMILES string of the molecule is CN1CCCCC1CN1CCN(CC(O)CN2CCCC2=O)CC1. The molecule has 0 radical (unpaired) electrons. The first kappa shape index (κ1) is 18.1. The fourth-order valence-electron chi connectivity index (χ4n) is 4.33. The van der Waals surface area contributed by atoms with E-state index < -0.39 is 6.10 Å². The first-order valence-corrected chi connectivity index (χ1v) is 9.72. The summed E-state index contributed by atoms with van der Waals surface area (Å²) in [7, 11) is 2.26. The molecule has 0 bridgehead atoms. The van der Waals surface area contributed by atoms with E-state index >= 15 is 0 Å². The maximum Gasteiger partial charge on any atom is 0.222 e. The molecule has 3 saturated heterocycles. The number of nitrogens with zero attached hydrogens (tertiary/aromatic N) is 4. The Morgan fingerprint density at radius 1 is 1.00 bits per heavy atom. The molecule has 3 fully saturated rings. The van der Waals surface area contributed by atoms with Gasteiger partial charge in [0.25, 0.3) is 0 Å². The molecule has 0 aromatic heterocycles. The van der Waals surface area contributed by atoms with Gasteiger partial charge >= 0.3 is 0 Å². The third kappa shape index (κ3) is 4.91. The van der Waals surface area contributed by atoms with Crippen LogP contribution >= 0.6 is 0 Å². The number of rotatable bonds is 6. The zero-order chi connectivity index (χ0) is 16.9. The zero-order valence-electron chi connectivity index (χ0n) is 15.2. The molecule has 3 rings (SSSR count). The number of amides is 1. The van der Waals surface area contributed by atoms with Crippen LogP contribution in [0.2, 0.25) is 0 Å². The summed E-state index contributed by atoms with van der Waals surface area (Å²) in [6.45, 7) is 8.70. The van der Waals surface area contributed by atoms with Crippen molar-refractivity contribution < 1.29 is 9.90 Å². The Morgan fingerprint density at radius 2 is 1.75 bits per heavy atom. The topological polar surface area (TPSA) is 50.3 Å². The number of hydrogen-bond acceptors (Lipinski definition) is 5. The van der Waals surface area contributed by atoms with Gasteiger partial charge in [0.15, 0.2) is 0 Å². The molecule has 0 aromatic carbocycles. The smallest absolute Gasteiger partial charge is 0.222 e. The average Bonchev–Trinajstić information content (AvgIpc) is 2.96. The number of hydrogen-bond donors (Lipinski definition) is 1. The van der Waals surface area contributed by atoms with Crippen LogP contribution in [0.4, 0.5) is 0 Å². The number of piperidine rings is 1. The van der Waals surface area contributed by atoms with E-state index in [-0.39, 0.29) is 5.91 Å². The summed E-state index contributed by atoms with van der Waals surface area (Å²) in [6.07, 6.45) is 5.23. The maximum atomic E-state index is 11.7. The van der Waals surface area contributed by atoms with Crippen LogP contribution in [0.1, 0.15) is 32.1 Å². The van der Waals surface area contributed by atoms with Crippen molar-refractivity contribution in [3.8, 4) is 0 Å². The molecule has 3 heterocycles. The molecule has 3 aliphatic heterocycles. The quantitative estimate of drug-likeness (QED) is 0.743. The van der Waals surface area contributed by atoms with Crippen molar-refractivity contribution in [2.45, 2.75) is 44.2 Å². The van der Waals surface area contributed by atoms with Crippen molar-refractivity contribution in [3.05, 3.63) is 0 Å². The Labute approximate surface area is 146 Å². The van der Waals surface area contributed by atoms with Gasteiger partial charge in [0, 0.05) is 64.8 Å². The van der Waals surface area contributed by atoms with Crippen molar-refractivity contribution in [2.24, 2.45) is 0 Å². The normalized spacial score (nSPS) is 29.3. The summed E-state index contributed by atoms with van der Waals surface area (Å²) >= 11 is 0. The lowest BCUT2D eigenvalue weighted by Crippen LogP contribution is -2.53. The summed E-state index contributed by atoms with van der Waals surface area (Å²) in [5.41, 5.74) is 0. The highest BCUT2D eigenvalue weighted by Gasteiger charge is 2.26. The van der Waals surface area contributed by atoms with Gasteiger partial charge in [0.1, 0.15) is 0 Å². The first-order valence-electron chi connectivity index (χ1n) is 9.72. The van der Waals surface area contributed by atoms with E-state index in [0.29, 0.717) is 19.5 Å². The lowest BCUT2D eigenvalue weighted by molar-refractivity contribution is -0.129. The van der Waals surface area contributed by atoms with Gasteiger partial charge < -0.3 is 14.9 Å². The van der Waals surface area contributed by atoms with Gasteiger partial charge in [-0.05, 0) is 32.9 Å². The summed E-state index contributed by atoms with van der Waals surface area (Å²) in [6, 6.07) is 0.720. The first-order chi connectivity index (χ1) is 11.6. The second kappa shape index (κ2) is 8.61. The van der Waals surface area contributed by atoms with Gasteiger partial charge in [-0.15, -0.1) is 0 Å². The molecular formula is C18H34N4O2. The number of likely N-dealkylation sites (tertiary alicyclic amines) is 2. The Morgan fingerprint density at radius 3 is 2.42 bits per heavy atom. The van der Waals surface area contributed by atoms with Crippen LogP contribution in [0.15, 0.2) is 0 Å². The second-order valence-electron chi connectivity index (χ2n) is 7.83. The van der Waals surface area contributed by atoms with Crippen molar-refractivity contribution in [1.29, 1.82) is 0 Å². The predicted octanol–water partition coefficient (Wildman–Crippen LogP) is 0.0716. The number of β-amino-alcohol motifs (C(OH)–C–C–N with tert-alkyl or cyclic N) is 1. The van der Waals surface area contributed by atoms with E-state index in [9.17, 15) is 9.90 Å². The minimum absolute atomic E-state index is 0.204. The Balaban J connectivity index is 1.35. The molecule has 1 amide bonds. The van der Waals surface area contributed by atoms with Crippen molar-refractivity contribution in [2.75, 3.05) is 66.0 Å². The van der Waals surface area contributed by atoms with Crippen LogP contribution in [0.5, 0.6) is 0 Å². The van der Waals surface area contributed by atoms with Crippen LogP contribution in [0.3, 0.4) is 0 Å². The monoisotopic (exact) mass is 338 g/mol. The van der Waals surface area contributed by atoms with Crippen LogP contribution in [0.25, 0.3) is 0 Å². The second-order valence-corrected chi connectivity index (χ2v) is 7.83. The Kier molecular flexibility index (Phi) is 6.49. The summed E-state index contributed by atoms with van der Waals surface area (Å²) in [5, 5.41) is 10.3. The molecule has 2 unspecified atom stereocenters. The highest BCUT2D eigenvalue weighted by molar-refractivity contribution is 5.78. The van der Waals surface area contributed by atoms with E-state index in [4.69, 9.17) is 0 Å². The van der Waals surface area contributed by atoms with Gasteiger partial charge in [0.2, 0.25) is 5.91 Å². The fourth-order valence-corrected chi connectivity index (χ4v) is 4.33. The van der Waals surface area contributed by atoms with Gasteiger partial charge in [-0.1, -0.05) is 6.42 Å². The Hall–Kier alpha value is -0.690. The third-order valence-corrected chi connectivity index (χ3v) is 5.93. The molecule has 6 nitrogen and oxygen atoms in total. The van der Waals surface area contributed by atoms with Crippen LogP contribution in [0, 0.1) is 0 Å². The molecule has 1 N–H and O–H groups in total. The molecular weight excluding hydrogens is 304 g/mol. The molecule has 0 saturated carbocycles. The molecule has 0 spiro atoms. The summed E-state index contributed by atoms with van der Waals surface area (Å²) < 4.78 is 0. The van der Waals surface area contributed by atoms with Gasteiger partial charge in [-0.3, -0.25) is 14.6 Å². The summed E-state index contributed by atoms with van der Waals surface area (Å²) in [4.78, 5) is 20.9. The molecule has 138 valence electrons. The zero-order valence-corrected chi connectivity index (χ0v) is 15.2. The molecule has 24 heavy (non-hydrogen) atoms. The number of likely N-dealkylation sites (N-methyl/N-ethyl adjacent to an activating group) is 1. The lowest BCUT2D eigenvalue weighted by atomic mass is 10.0. The largest absolute Gasteiger partial charge is 0.390 e. The number of carbonyl (C=O) groups is 1. The highest BCUT2D eigenvalue weighted by atomic mass is 16.3. The van der Waals surface area contributed by atoms with Crippen molar-refractivity contribution in [3.63, 3.8) is 0 Å². The van der Waals surface area contributed by atoms with E-state index in [0.717, 1.165) is 45.2 Å². The highest BCUT2D eigenvalue weighted by Crippen LogP contribution is 2.17. The number of carbonyl (C=O) groups excluding carboxylic acids is 1. The summed E-state index contributed by atoms with van der Waals surface area (Å²) in [5.74, 6) is 0.204. The molecule has 6 heteroatoms. The fraction of sp³-hybridized carbons (Fsp3) is 0.944. The maximum absolute atomic E-state index is 11.7. The van der Waals surface area contributed by atoms with Gasteiger partial charge in [-0.2, -0.15) is 0 Å². The minimum atomic E-state index is -0.414. The van der Waals surface area contributed by atoms with Crippen LogP contribution < -0.4 is 0 Å². The average molecular weight is 338 g/mol. The number of aliphatic hydroxyl groups is 1. The molecule has 0 aliphatic carbocycles. The number of piperazine rings is 1. The van der Waals surface area contributed by atoms with E-state index in [1.54, 1.807) is 0 Å². The van der Waals surface area contributed by atoms with E-state index in [2.05, 4.69) is 21.7 Å². The lowest BCUT2D eigenvalue weighted by Gasteiger charge is -2.40. The van der Waals surface area contributed by atoms with Crippen molar-refractivity contribution in [1.82, 2.24) is 19.6 Å². The Bertz CT molecular complexity index is 412. The molecule has 0 aromatic rings. The molecule has 3 aliphatic rings. The van der Waals surface area contributed by atoms with Gasteiger partial charge in [-0.25, -0.2) is 0 Å². The van der Waals surface area contributed by atoms with Crippen LogP contribution in [-0.4, -0.2) is 109 Å². The standard InChI is InChI=1S/C18H34N4O2/c1-19-7-3-2-5-16(19)13-20-9-11-21(12-10-20)14-17(23)15-22-8-4-6-18(22)24/h16-17,23H,2-15H2,1H3. The van der Waals surface area contributed by atoms with Crippen LogP contribution in [-0.2, 0) is 4.79 Å². The molecule has 2 atom stereocenters. The van der Waals surface area contributed by atoms with Crippen molar-refractivity contribution >= 4 is 5.91 Å². The third-order valence-electron chi connectivity index (χ3n) is 5.93. The minimum Gasteiger partial charge on any atom is -0.390 e. The number of aliphatic hydroxyl groups excluding tert-OH is 1. The van der Waals surface area contributed by atoms with E-state index in [1.807, 2.05) is 4.90 Å². The van der Waals surface area contributed by atoms with E-state index in [1.165, 1.54) is 32.4 Å². The van der Waals surface area contributed by atoms with Gasteiger partial charge in [0.05, 0.1) is 6.10 Å². The predicted molar refractivity (Wildman–Crippen MR) is 95.0 cm³/mol.